The van der Waals surface area contributed by atoms with Gasteiger partial charge >= 0.3 is 0 Å². The van der Waals surface area contributed by atoms with Crippen molar-refractivity contribution in [2.75, 3.05) is 0 Å². The number of benzene rings is 1. The number of carbonyl (C=O) groups is 1. The average molecular weight is 243 g/mol. The fourth-order valence-electron chi connectivity index (χ4n) is 2.49. The Kier molecular flexibility index (Phi) is 4.50. The third kappa shape index (κ3) is 2.90. The number of hydrogen-bond donors (Lipinski definition) is 0. The van der Waals surface area contributed by atoms with Crippen molar-refractivity contribution in [3.8, 4) is 0 Å². The zero-order chi connectivity index (χ0) is 13.9. The SMILES string of the molecule is C=O.CCC(C)(C)c1c(C)cc(C)cc1C1=C[CH]1. The normalized spacial score (nSPS) is 13.5. The molecule has 0 atom stereocenters. The van der Waals surface area contributed by atoms with Crippen LogP contribution in [0.25, 0.3) is 5.57 Å². The molecule has 0 aromatic heterocycles. The molecule has 2 rings (SSSR count). The second-order valence-electron chi connectivity index (χ2n) is 5.53. The molecule has 1 aliphatic rings. The Morgan fingerprint density at radius 3 is 2.17 bits per heavy atom. The lowest BCUT2D eigenvalue weighted by atomic mass is 9.76. The van der Waals surface area contributed by atoms with Crippen LogP contribution in [0.4, 0.5) is 0 Å². The van der Waals surface area contributed by atoms with Gasteiger partial charge in [-0.15, -0.1) is 0 Å². The minimum absolute atomic E-state index is 0.268. The van der Waals surface area contributed by atoms with Crippen LogP contribution >= 0.6 is 0 Å². The lowest BCUT2D eigenvalue weighted by molar-refractivity contribution is -0.0979. The van der Waals surface area contributed by atoms with Crippen LogP contribution in [0.3, 0.4) is 0 Å². The Balaban J connectivity index is 0.000000771. The average Bonchev–Trinajstić information content (AvgIpc) is 3.14. The predicted octanol–water partition coefficient (Wildman–Crippen LogP) is 4.41. The van der Waals surface area contributed by atoms with E-state index in [1.807, 2.05) is 6.79 Å². The first-order chi connectivity index (χ1) is 8.45. The van der Waals surface area contributed by atoms with E-state index in [1.54, 1.807) is 0 Å². The minimum Gasteiger partial charge on any atom is -0.307 e. The summed E-state index contributed by atoms with van der Waals surface area (Å²) in [7, 11) is 0. The smallest absolute Gasteiger partial charge is 0.106 e. The van der Waals surface area contributed by atoms with E-state index in [0.29, 0.717) is 0 Å². The van der Waals surface area contributed by atoms with Crippen molar-refractivity contribution in [2.45, 2.75) is 46.5 Å². The molecule has 0 fully saturated rings. The van der Waals surface area contributed by atoms with Crippen LogP contribution in [-0.4, -0.2) is 6.79 Å². The van der Waals surface area contributed by atoms with E-state index in [-0.39, 0.29) is 5.41 Å². The lowest BCUT2D eigenvalue weighted by Gasteiger charge is -2.28. The molecule has 97 valence electrons. The van der Waals surface area contributed by atoms with Crippen LogP contribution < -0.4 is 0 Å². The molecule has 0 unspecified atom stereocenters. The molecule has 1 aliphatic carbocycles. The standard InChI is InChI=1S/C16H21.CH2O/c1-6-16(4,5)15-12(3)9-11(2)10-14(15)13-7-8-13;1-2/h7-10H,6H2,1-5H3;1H2. The van der Waals surface area contributed by atoms with Crippen molar-refractivity contribution < 1.29 is 4.79 Å². The summed E-state index contributed by atoms with van der Waals surface area (Å²) in [5, 5.41) is 0. The number of rotatable bonds is 3. The van der Waals surface area contributed by atoms with E-state index in [0.717, 1.165) is 0 Å². The Morgan fingerprint density at radius 2 is 1.72 bits per heavy atom. The van der Waals surface area contributed by atoms with Gasteiger partial charge in [0.1, 0.15) is 6.79 Å². The largest absolute Gasteiger partial charge is 0.307 e. The van der Waals surface area contributed by atoms with Crippen molar-refractivity contribution in [3.63, 3.8) is 0 Å². The van der Waals surface area contributed by atoms with E-state index in [9.17, 15) is 0 Å². The summed E-state index contributed by atoms with van der Waals surface area (Å²) in [6, 6.07) is 4.63. The molecule has 0 amide bonds. The van der Waals surface area contributed by atoms with Gasteiger partial charge in [0.25, 0.3) is 0 Å². The van der Waals surface area contributed by atoms with Gasteiger partial charge in [0.2, 0.25) is 0 Å². The summed E-state index contributed by atoms with van der Waals surface area (Å²) >= 11 is 0. The number of hydrogen-bond acceptors (Lipinski definition) is 1. The van der Waals surface area contributed by atoms with Gasteiger partial charge in [-0.2, -0.15) is 0 Å². The van der Waals surface area contributed by atoms with Crippen LogP contribution in [0.15, 0.2) is 18.2 Å². The molecular formula is C17H23O. The van der Waals surface area contributed by atoms with E-state index >= 15 is 0 Å². The van der Waals surface area contributed by atoms with Crippen molar-refractivity contribution in [1.29, 1.82) is 0 Å². The summed E-state index contributed by atoms with van der Waals surface area (Å²) in [6.45, 7) is 13.4. The molecule has 0 aliphatic heterocycles. The Labute approximate surface area is 111 Å². The Morgan fingerprint density at radius 1 is 1.17 bits per heavy atom. The number of allylic oxidation sites excluding steroid dienone is 2. The molecule has 0 saturated carbocycles. The maximum Gasteiger partial charge on any atom is 0.106 e. The maximum absolute atomic E-state index is 8.00. The molecule has 0 heterocycles. The summed E-state index contributed by atoms with van der Waals surface area (Å²) in [5.74, 6) is 0. The topological polar surface area (TPSA) is 17.1 Å². The quantitative estimate of drug-likeness (QED) is 0.768. The van der Waals surface area contributed by atoms with Gasteiger partial charge in [0, 0.05) is 6.42 Å². The molecule has 1 aromatic rings. The first kappa shape index (κ1) is 14.7. The third-order valence-corrected chi connectivity index (χ3v) is 3.68. The molecule has 0 bridgehead atoms. The molecule has 1 nitrogen and oxygen atoms in total. The fourth-order valence-corrected chi connectivity index (χ4v) is 2.49. The van der Waals surface area contributed by atoms with Crippen LogP contribution in [0.1, 0.15) is 49.4 Å². The summed E-state index contributed by atoms with van der Waals surface area (Å²) in [6.07, 6.45) is 5.60. The van der Waals surface area contributed by atoms with Gasteiger partial charge in [-0.05, 0) is 47.9 Å². The lowest BCUT2D eigenvalue weighted by Crippen LogP contribution is -2.19. The van der Waals surface area contributed by atoms with Crippen LogP contribution in [0.2, 0.25) is 0 Å². The second-order valence-corrected chi connectivity index (χ2v) is 5.53. The molecule has 0 spiro atoms. The third-order valence-electron chi connectivity index (χ3n) is 3.68. The molecule has 18 heavy (non-hydrogen) atoms. The van der Waals surface area contributed by atoms with Crippen molar-refractivity contribution in [3.05, 3.63) is 46.9 Å². The van der Waals surface area contributed by atoms with Crippen molar-refractivity contribution in [1.82, 2.24) is 0 Å². The molecule has 1 heteroatoms. The van der Waals surface area contributed by atoms with Crippen molar-refractivity contribution >= 4 is 12.4 Å². The minimum atomic E-state index is 0.268. The first-order valence-corrected chi connectivity index (χ1v) is 6.41. The van der Waals surface area contributed by atoms with E-state index in [4.69, 9.17) is 4.79 Å². The van der Waals surface area contributed by atoms with Gasteiger partial charge in [-0.25, -0.2) is 0 Å². The molecule has 0 saturated heterocycles. The monoisotopic (exact) mass is 243 g/mol. The zero-order valence-electron chi connectivity index (χ0n) is 12.1. The second kappa shape index (κ2) is 5.51. The Hall–Kier alpha value is -1.37. The van der Waals surface area contributed by atoms with E-state index in [2.05, 4.69) is 59.2 Å². The van der Waals surface area contributed by atoms with Gasteiger partial charge in [0.15, 0.2) is 0 Å². The van der Waals surface area contributed by atoms with E-state index in [1.165, 1.54) is 34.2 Å². The highest BCUT2D eigenvalue weighted by atomic mass is 16.1. The summed E-state index contributed by atoms with van der Waals surface area (Å²) in [4.78, 5) is 8.00. The predicted molar refractivity (Wildman–Crippen MR) is 78.6 cm³/mol. The molecular weight excluding hydrogens is 220 g/mol. The zero-order valence-corrected chi connectivity index (χ0v) is 12.1. The first-order valence-electron chi connectivity index (χ1n) is 6.41. The van der Waals surface area contributed by atoms with Crippen molar-refractivity contribution in [2.24, 2.45) is 0 Å². The van der Waals surface area contributed by atoms with Gasteiger partial charge in [0.05, 0.1) is 0 Å². The van der Waals surface area contributed by atoms with Gasteiger partial charge in [-0.1, -0.05) is 44.5 Å². The van der Waals surface area contributed by atoms with Gasteiger partial charge < -0.3 is 4.79 Å². The molecule has 1 aromatic carbocycles. The fraction of sp³-hybridized carbons (Fsp3) is 0.412. The highest BCUT2D eigenvalue weighted by molar-refractivity contribution is 5.89. The Bertz CT molecular complexity index is 467. The molecule has 1 radical (unpaired) electrons. The maximum atomic E-state index is 8.00. The summed E-state index contributed by atoms with van der Waals surface area (Å²) in [5.41, 5.74) is 7.46. The van der Waals surface area contributed by atoms with E-state index < -0.39 is 0 Å². The van der Waals surface area contributed by atoms with Crippen LogP contribution in [0, 0.1) is 20.3 Å². The van der Waals surface area contributed by atoms with Gasteiger partial charge in [-0.3, -0.25) is 0 Å². The number of carbonyl (C=O) groups excluding carboxylic acids is 1. The van der Waals surface area contributed by atoms with Crippen LogP contribution in [0.5, 0.6) is 0 Å². The number of aryl methyl sites for hydroxylation is 2. The van der Waals surface area contributed by atoms with Crippen LogP contribution in [-0.2, 0) is 10.2 Å². The molecule has 0 N–H and O–H groups in total. The highest BCUT2D eigenvalue weighted by Gasteiger charge is 2.27. The summed E-state index contributed by atoms with van der Waals surface area (Å²) < 4.78 is 0. The highest BCUT2D eigenvalue weighted by Crippen LogP contribution is 2.40.